The van der Waals surface area contributed by atoms with Gasteiger partial charge in [-0.2, -0.15) is 0 Å². The largest absolute Gasteiger partial charge is 0.390 e. The van der Waals surface area contributed by atoms with E-state index in [0.717, 1.165) is 49.5 Å². The summed E-state index contributed by atoms with van der Waals surface area (Å²) in [5, 5.41) is 17.8. The molecule has 0 saturated carbocycles. The summed E-state index contributed by atoms with van der Waals surface area (Å²) in [6.45, 7) is 7.35. The van der Waals surface area contributed by atoms with Gasteiger partial charge in [-0.3, -0.25) is 9.69 Å². The van der Waals surface area contributed by atoms with Crippen LogP contribution in [0.1, 0.15) is 40.0 Å². The molecule has 0 bridgehead atoms. The lowest BCUT2D eigenvalue weighted by Crippen LogP contribution is -2.49. The fourth-order valence-corrected chi connectivity index (χ4v) is 5.53. The van der Waals surface area contributed by atoms with Crippen molar-refractivity contribution in [3.63, 3.8) is 0 Å². The Morgan fingerprint density at radius 3 is 1.95 bits per heavy atom. The Hall–Kier alpha value is -3.97. The van der Waals surface area contributed by atoms with Crippen LogP contribution in [-0.4, -0.2) is 60.8 Å². The fourth-order valence-electron chi connectivity index (χ4n) is 5.53. The average Bonchev–Trinajstić information content (AvgIpc) is 3.05. The van der Waals surface area contributed by atoms with Gasteiger partial charge in [0.1, 0.15) is 0 Å². The number of aliphatic hydroxyl groups is 1. The van der Waals surface area contributed by atoms with Gasteiger partial charge in [-0.05, 0) is 54.3 Å². The molecule has 42 heavy (non-hydrogen) atoms. The molecule has 1 fully saturated rings. The van der Waals surface area contributed by atoms with E-state index in [4.69, 9.17) is 0 Å². The van der Waals surface area contributed by atoms with Gasteiger partial charge >= 0.3 is 0 Å². The van der Waals surface area contributed by atoms with E-state index in [1.165, 1.54) is 5.56 Å². The number of benzene rings is 4. The van der Waals surface area contributed by atoms with Crippen molar-refractivity contribution in [3.05, 3.63) is 138 Å². The molecule has 6 heteroatoms. The zero-order chi connectivity index (χ0) is 29.1. The summed E-state index contributed by atoms with van der Waals surface area (Å²) in [4.78, 5) is 18.2. The number of nitrogens with zero attached hydrogens (tertiary/aromatic N) is 2. The van der Waals surface area contributed by atoms with E-state index in [0.29, 0.717) is 18.5 Å². The van der Waals surface area contributed by atoms with Crippen LogP contribution in [0.2, 0.25) is 0 Å². The van der Waals surface area contributed by atoms with E-state index in [1.807, 2.05) is 72.8 Å². The molecule has 0 spiro atoms. The Balaban J connectivity index is 1.17. The summed E-state index contributed by atoms with van der Waals surface area (Å²) in [6, 6.07) is 38.3. The third-order valence-corrected chi connectivity index (χ3v) is 8.13. The Morgan fingerprint density at radius 1 is 0.762 bits per heavy atom. The van der Waals surface area contributed by atoms with Crippen molar-refractivity contribution in [3.8, 4) is 0 Å². The molecular weight excluding hydrogens is 520 g/mol. The van der Waals surface area contributed by atoms with Gasteiger partial charge < -0.3 is 20.6 Å². The molecule has 218 valence electrons. The third kappa shape index (κ3) is 8.29. The fraction of sp³-hybridized carbons (Fsp3) is 0.306. The minimum absolute atomic E-state index is 0.0849. The van der Waals surface area contributed by atoms with Gasteiger partial charge in [-0.1, -0.05) is 91.0 Å². The van der Waals surface area contributed by atoms with Gasteiger partial charge in [-0.15, -0.1) is 0 Å². The molecule has 0 aliphatic carbocycles. The third-order valence-electron chi connectivity index (χ3n) is 8.13. The number of aliphatic hydroxyl groups excluding tert-OH is 1. The second kappa shape index (κ2) is 14.8. The average molecular weight is 563 g/mol. The van der Waals surface area contributed by atoms with Crippen LogP contribution in [0, 0.1) is 0 Å². The molecule has 0 aromatic heterocycles. The van der Waals surface area contributed by atoms with Crippen molar-refractivity contribution in [1.29, 1.82) is 0 Å². The number of nitrogens with one attached hydrogen (secondary N) is 2. The maximum absolute atomic E-state index is 13.4. The number of carbonyl (C=O) groups is 1. The van der Waals surface area contributed by atoms with Crippen LogP contribution in [0.15, 0.2) is 115 Å². The van der Waals surface area contributed by atoms with Gasteiger partial charge in [0.15, 0.2) is 0 Å². The molecule has 6 nitrogen and oxygen atoms in total. The molecule has 5 rings (SSSR count). The highest BCUT2D eigenvalue weighted by Crippen LogP contribution is 2.19. The van der Waals surface area contributed by atoms with Crippen molar-refractivity contribution in [1.82, 2.24) is 15.5 Å². The van der Waals surface area contributed by atoms with E-state index in [1.54, 1.807) is 0 Å². The van der Waals surface area contributed by atoms with Crippen LogP contribution in [0.25, 0.3) is 0 Å². The van der Waals surface area contributed by atoms with E-state index in [-0.39, 0.29) is 11.9 Å². The van der Waals surface area contributed by atoms with Crippen LogP contribution in [0.3, 0.4) is 0 Å². The molecule has 1 aliphatic heterocycles. The first-order valence-electron chi connectivity index (χ1n) is 15.0. The number of hydrogen-bond acceptors (Lipinski definition) is 5. The summed E-state index contributed by atoms with van der Waals surface area (Å²) in [5.41, 5.74) is 5.30. The first-order chi connectivity index (χ1) is 20.5. The standard InChI is InChI=1S/C36H42N4O2/c1-28(31-15-9-4-10-16-31)37-26-35(41)34(25-29-11-5-2-6-12-29)38-36(42)32-17-19-33(20-18-32)40-23-21-39(22-24-40)27-30-13-7-3-8-14-30/h2-20,28,34-35,37,41H,21-27H2,1H3,(H,38,42)/t28-,34+,35-/m1/s1. The minimum atomic E-state index is -0.758. The summed E-state index contributed by atoms with van der Waals surface area (Å²) >= 11 is 0. The first kappa shape index (κ1) is 29.5. The Bertz CT molecular complexity index is 1360. The zero-order valence-corrected chi connectivity index (χ0v) is 24.4. The highest BCUT2D eigenvalue weighted by Gasteiger charge is 2.24. The number of piperazine rings is 1. The van der Waals surface area contributed by atoms with Crippen LogP contribution in [0.4, 0.5) is 5.69 Å². The molecule has 0 unspecified atom stereocenters. The van der Waals surface area contributed by atoms with E-state index in [9.17, 15) is 9.90 Å². The van der Waals surface area contributed by atoms with Gasteiger partial charge in [0, 0.05) is 56.6 Å². The molecule has 0 radical (unpaired) electrons. The van der Waals surface area contributed by atoms with Crippen LogP contribution in [-0.2, 0) is 13.0 Å². The molecule has 3 N–H and O–H groups in total. The summed E-state index contributed by atoms with van der Waals surface area (Å²) in [5.74, 6) is -0.176. The van der Waals surface area contributed by atoms with E-state index < -0.39 is 12.1 Å². The lowest BCUT2D eigenvalue weighted by Gasteiger charge is -2.36. The smallest absolute Gasteiger partial charge is 0.251 e. The zero-order valence-electron chi connectivity index (χ0n) is 24.4. The number of rotatable bonds is 12. The summed E-state index contributed by atoms with van der Waals surface area (Å²) < 4.78 is 0. The quantitative estimate of drug-likeness (QED) is 0.225. The molecule has 4 aromatic rings. The van der Waals surface area contributed by atoms with E-state index in [2.05, 4.69) is 69.8 Å². The van der Waals surface area contributed by atoms with Crippen LogP contribution < -0.4 is 15.5 Å². The molecular formula is C36H42N4O2. The highest BCUT2D eigenvalue weighted by atomic mass is 16.3. The Morgan fingerprint density at radius 2 is 1.33 bits per heavy atom. The lowest BCUT2D eigenvalue weighted by atomic mass is 10.00. The topological polar surface area (TPSA) is 67.8 Å². The summed E-state index contributed by atoms with van der Waals surface area (Å²) in [6.07, 6.45) is -0.215. The van der Waals surface area contributed by atoms with Gasteiger partial charge in [0.05, 0.1) is 12.1 Å². The van der Waals surface area contributed by atoms with Gasteiger partial charge in [0.25, 0.3) is 5.91 Å². The predicted octanol–water partition coefficient (Wildman–Crippen LogP) is 5.06. The van der Waals surface area contributed by atoms with Crippen LogP contribution >= 0.6 is 0 Å². The molecule has 1 aliphatic rings. The number of anilines is 1. The minimum Gasteiger partial charge on any atom is -0.390 e. The monoisotopic (exact) mass is 562 g/mol. The molecule has 4 aromatic carbocycles. The molecule has 1 saturated heterocycles. The van der Waals surface area contributed by atoms with Crippen molar-refractivity contribution >= 4 is 11.6 Å². The van der Waals surface area contributed by atoms with Gasteiger partial charge in [0.2, 0.25) is 0 Å². The van der Waals surface area contributed by atoms with Crippen molar-refractivity contribution < 1.29 is 9.90 Å². The predicted molar refractivity (Wildman–Crippen MR) is 171 cm³/mol. The highest BCUT2D eigenvalue weighted by molar-refractivity contribution is 5.94. The lowest BCUT2D eigenvalue weighted by molar-refractivity contribution is 0.0826. The number of hydrogen-bond donors (Lipinski definition) is 3. The maximum Gasteiger partial charge on any atom is 0.251 e. The first-order valence-corrected chi connectivity index (χ1v) is 15.0. The molecule has 3 atom stereocenters. The Kier molecular flexibility index (Phi) is 10.4. The van der Waals surface area contributed by atoms with Crippen molar-refractivity contribution in [2.45, 2.75) is 38.1 Å². The number of amides is 1. The van der Waals surface area contributed by atoms with Crippen molar-refractivity contribution in [2.75, 3.05) is 37.6 Å². The molecule has 1 amide bonds. The SMILES string of the molecule is C[C@@H](NC[C@@H](O)[C@H](Cc1ccccc1)NC(=O)c1ccc(N2CCN(Cc3ccccc3)CC2)cc1)c1ccccc1. The molecule has 1 heterocycles. The normalized spacial score (nSPS) is 16.0. The maximum atomic E-state index is 13.4. The van der Waals surface area contributed by atoms with Gasteiger partial charge in [-0.25, -0.2) is 0 Å². The Labute approximate surface area is 250 Å². The van der Waals surface area contributed by atoms with E-state index >= 15 is 0 Å². The second-order valence-electron chi connectivity index (χ2n) is 11.2. The summed E-state index contributed by atoms with van der Waals surface area (Å²) in [7, 11) is 0. The second-order valence-corrected chi connectivity index (χ2v) is 11.2. The van der Waals surface area contributed by atoms with Crippen LogP contribution in [0.5, 0.6) is 0 Å². The van der Waals surface area contributed by atoms with Crippen molar-refractivity contribution in [2.24, 2.45) is 0 Å². The number of carbonyl (C=O) groups excluding carboxylic acids is 1.